The van der Waals surface area contributed by atoms with Crippen LogP contribution in [0, 0.1) is 23.2 Å². The van der Waals surface area contributed by atoms with Crippen molar-refractivity contribution in [3.8, 4) is 0 Å². The van der Waals surface area contributed by atoms with E-state index in [1.54, 1.807) is 0 Å². The number of hydrogen-bond acceptors (Lipinski definition) is 2. The fraction of sp³-hybridized carbons (Fsp3) is 0.682. The van der Waals surface area contributed by atoms with Gasteiger partial charge in [-0.15, -0.1) is 0 Å². The van der Waals surface area contributed by atoms with Crippen LogP contribution in [0.15, 0.2) is 30.3 Å². The number of aliphatic hydroxyl groups excluding tert-OH is 1. The molecule has 4 saturated carbocycles. The molecular weight excluding hydrogens is 310 g/mol. The first kappa shape index (κ1) is 17.1. The SMILES string of the molecule is O=C(NCCC(CCO)c1ccccc1)C12CC3CC(CC(C3)C1)C2. The Morgan fingerprint density at radius 2 is 1.64 bits per heavy atom. The summed E-state index contributed by atoms with van der Waals surface area (Å²) in [5.41, 5.74) is 1.22. The summed E-state index contributed by atoms with van der Waals surface area (Å²) in [6, 6.07) is 10.4. The van der Waals surface area contributed by atoms with Gasteiger partial charge in [0.1, 0.15) is 0 Å². The maximum absolute atomic E-state index is 13.0. The molecule has 1 atom stereocenters. The Kier molecular flexibility index (Phi) is 4.86. The van der Waals surface area contributed by atoms with Gasteiger partial charge in [0.15, 0.2) is 0 Å². The van der Waals surface area contributed by atoms with Crippen LogP contribution in [0.5, 0.6) is 0 Å². The fourth-order valence-corrected chi connectivity index (χ4v) is 6.29. The Bertz CT molecular complexity index is 562. The predicted octanol–water partition coefficient (Wildman–Crippen LogP) is 3.88. The Labute approximate surface area is 151 Å². The van der Waals surface area contributed by atoms with E-state index in [0.29, 0.717) is 11.8 Å². The number of hydrogen-bond donors (Lipinski definition) is 2. The largest absolute Gasteiger partial charge is 0.396 e. The molecule has 5 rings (SSSR count). The van der Waals surface area contributed by atoms with Crippen LogP contribution >= 0.6 is 0 Å². The minimum atomic E-state index is -0.0476. The lowest BCUT2D eigenvalue weighted by atomic mass is 9.49. The van der Waals surface area contributed by atoms with Crippen LogP contribution in [0.4, 0.5) is 0 Å². The first-order chi connectivity index (χ1) is 12.2. The summed E-state index contributed by atoms with van der Waals surface area (Å²) in [6.07, 6.45) is 9.17. The molecule has 136 valence electrons. The van der Waals surface area contributed by atoms with Gasteiger partial charge in [0, 0.05) is 18.6 Å². The standard InChI is InChI=1S/C22H31NO2/c24-9-7-20(19-4-2-1-3-5-19)6-8-23-21(25)22-13-16-10-17(14-22)12-18(11-16)15-22/h1-5,16-18,20,24H,6-15H2,(H,23,25). The lowest BCUT2D eigenvalue weighted by molar-refractivity contribution is -0.146. The molecule has 0 heterocycles. The molecule has 1 unspecified atom stereocenters. The average Bonchev–Trinajstić information content (AvgIpc) is 2.60. The second-order valence-electron chi connectivity index (χ2n) is 8.86. The minimum Gasteiger partial charge on any atom is -0.396 e. The van der Waals surface area contributed by atoms with E-state index < -0.39 is 0 Å². The van der Waals surface area contributed by atoms with Crippen LogP contribution in [-0.4, -0.2) is 24.2 Å². The maximum atomic E-state index is 13.0. The Balaban J connectivity index is 1.34. The number of rotatable bonds is 7. The van der Waals surface area contributed by atoms with Crippen LogP contribution in [0.3, 0.4) is 0 Å². The third-order valence-electron chi connectivity index (χ3n) is 7.05. The summed E-state index contributed by atoms with van der Waals surface area (Å²) in [5, 5.41) is 12.7. The van der Waals surface area contributed by atoms with Crippen LogP contribution in [-0.2, 0) is 4.79 Å². The Hall–Kier alpha value is -1.35. The molecule has 4 aliphatic carbocycles. The fourth-order valence-electron chi connectivity index (χ4n) is 6.29. The zero-order valence-electron chi connectivity index (χ0n) is 15.1. The number of amides is 1. The van der Waals surface area contributed by atoms with Crippen molar-refractivity contribution >= 4 is 5.91 Å². The molecule has 25 heavy (non-hydrogen) atoms. The van der Waals surface area contributed by atoms with Gasteiger partial charge in [0.25, 0.3) is 0 Å². The molecule has 2 N–H and O–H groups in total. The first-order valence-electron chi connectivity index (χ1n) is 10.1. The molecule has 3 heteroatoms. The molecule has 0 saturated heterocycles. The minimum absolute atomic E-state index is 0.0476. The van der Waals surface area contributed by atoms with Gasteiger partial charge < -0.3 is 10.4 Å². The average molecular weight is 341 g/mol. The number of carbonyl (C=O) groups excluding carboxylic acids is 1. The normalized spacial score (nSPS) is 34.0. The second-order valence-corrected chi connectivity index (χ2v) is 8.86. The van der Waals surface area contributed by atoms with Gasteiger partial charge >= 0.3 is 0 Å². The zero-order chi connectivity index (χ0) is 17.3. The summed E-state index contributed by atoms with van der Waals surface area (Å²) in [4.78, 5) is 13.0. The van der Waals surface area contributed by atoms with Gasteiger partial charge in [-0.3, -0.25) is 4.79 Å². The predicted molar refractivity (Wildman–Crippen MR) is 99.1 cm³/mol. The third kappa shape index (κ3) is 3.48. The Morgan fingerprint density at radius 3 is 2.20 bits per heavy atom. The van der Waals surface area contributed by atoms with Gasteiger partial charge in [-0.1, -0.05) is 30.3 Å². The van der Waals surface area contributed by atoms with E-state index in [2.05, 4.69) is 17.4 Å². The van der Waals surface area contributed by atoms with Gasteiger partial charge in [-0.2, -0.15) is 0 Å². The van der Waals surface area contributed by atoms with Gasteiger partial charge in [-0.05, 0) is 80.6 Å². The summed E-state index contributed by atoms with van der Waals surface area (Å²) in [5.74, 6) is 3.07. The highest BCUT2D eigenvalue weighted by molar-refractivity contribution is 5.83. The number of nitrogens with one attached hydrogen (secondary N) is 1. The van der Waals surface area contributed by atoms with Crippen molar-refractivity contribution in [2.24, 2.45) is 23.2 Å². The molecule has 1 amide bonds. The van der Waals surface area contributed by atoms with Crippen molar-refractivity contribution in [2.45, 2.75) is 57.3 Å². The van der Waals surface area contributed by atoms with Gasteiger partial charge in [0.2, 0.25) is 5.91 Å². The smallest absolute Gasteiger partial charge is 0.226 e. The quantitative estimate of drug-likeness (QED) is 0.791. The van der Waals surface area contributed by atoms with E-state index in [4.69, 9.17) is 0 Å². The van der Waals surface area contributed by atoms with Gasteiger partial charge in [-0.25, -0.2) is 0 Å². The van der Waals surface area contributed by atoms with Crippen LogP contribution in [0.1, 0.15) is 62.8 Å². The molecular formula is C22H31NO2. The lowest BCUT2D eigenvalue weighted by Gasteiger charge is -2.55. The molecule has 4 fully saturated rings. The molecule has 1 aromatic rings. The van der Waals surface area contributed by atoms with Crippen molar-refractivity contribution < 1.29 is 9.90 Å². The monoisotopic (exact) mass is 341 g/mol. The molecule has 0 aliphatic heterocycles. The number of carbonyl (C=O) groups is 1. The molecule has 3 nitrogen and oxygen atoms in total. The molecule has 0 spiro atoms. The molecule has 0 aromatic heterocycles. The van der Waals surface area contributed by atoms with Crippen molar-refractivity contribution in [3.05, 3.63) is 35.9 Å². The summed E-state index contributed by atoms with van der Waals surface area (Å²) < 4.78 is 0. The van der Waals surface area contributed by atoms with Crippen molar-refractivity contribution in [1.29, 1.82) is 0 Å². The first-order valence-corrected chi connectivity index (χ1v) is 10.1. The number of aliphatic hydroxyl groups is 1. The molecule has 1 aromatic carbocycles. The van der Waals surface area contributed by atoms with E-state index in [-0.39, 0.29) is 12.0 Å². The van der Waals surface area contributed by atoms with Crippen LogP contribution < -0.4 is 5.32 Å². The maximum Gasteiger partial charge on any atom is 0.226 e. The highest BCUT2D eigenvalue weighted by Crippen LogP contribution is 2.60. The Morgan fingerprint density at radius 1 is 1.04 bits per heavy atom. The molecule has 4 aliphatic rings. The van der Waals surface area contributed by atoms with E-state index in [0.717, 1.165) is 56.4 Å². The molecule has 0 radical (unpaired) electrons. The third-order valence-corrected chi connectivity index (χ3v) is 7.05. The highest BCUT2D eigenvalue weighted by Gasteiger charge is 2.54. The van der Waals surface area contributed by atoms with Crippen LogP contribution in [0.2, 0.25) is 0 Å². The van der Waals surface area contributed by atoms with Crippen molar-refractivity contribution in [3.63, 3.8) is 0 Å². The molecule has 4 bridgehead atoms. The van der Waals surface area contributed by atoms with Gasteiger partial charge in [0.05, 0.1) is 0 Å². The van der Waals surface area contributed by atoms with Crippen LogP contribution in [0.25, 0.3) is 0 Å². The summed E-state index contributed by atoms with van der Waals surface area (Å²) in [7, 11) is 0. The highest BCUT2D eigenvalue weighted by atomic mass is 16.3. The van der Waals surface area contributed by atoms with Crippen molar-refractivity contribution in [1.82, 2.24) is 5.32 Å². The number of benzene rings is 1. The van der Waals surface area contributed by atoms with E-state index in [9.17, 15) is 9.90 Å². The van der Waals surface area contributed by atoms with E-state index >= 15 is 0 Å². The van der Waals surface area contributed by atoms with E-state index in [1.807, 2.05) is 18.2 Å². The zero-order valence-corrected chi connectivity index (χ0v) is 15.1. The topological polar surface area (TPSA) is 49.3 Å². The summed E-state index contributed by atoms with van der Waals surface area (Å²) >= 11 is 0. The van der Waals surface area contributed by atoms with Crippen molar-refractivity contribution in [2.75, 3.05) is 13.2 Å². The second kappa shape index (κ2) is 7.11. The summed E-state index contributed by atoms with van der Waals surface area (Å²) in [6.45, 7) is 0.919. The van der Waals surface area contributed by atoms with E-state index in [1.165, 1.54) is 24.8 Å². The lowest BCUT2D eigenvalue weighted by Crippen LogP contribution is -2.53.